The normalized spacial score (nSPS) is 16.3. The smallest absolute Gasteiger partial charge is 0.0702 e. The van der Waals surface area contributed by atoms with Gasteiger partial charge in [-0.3, -0.25) is 4.98 Å². The molecule has 0 radical (unpaired) electrons. The molecule has 0 saturated carbocycles. The van der Waals surface area contributed by atoms with E-state index in [4.69, 9.17) is 11.6 Å². The second-order valence-electron chi connectivity index (χ2n) is 11.0. The molecule has 0 amide bonds. The van der Waals surface area contributed by atoms with Crippen LogP contribution in [0.4, 0.5) is 17.1 Å². The number of rotatable bonds is 6. The summed E-state index contributed by atoms with van der Waals surface area (Å²) in [7, 11) is -1.86. The zero-order chi connectivity index (χ0) is 30.2. The van der Waals surface area contributed by atoms with Crippen LogP contribution in [-0.2, 0) is 0 Å². The Morgan fingerprint density at radius 3 is 1.73 bits per heavy atom. The van der Waals surface area contributed by atoms with Crippen molar-refractivity contribution in [2.45, 2.75) is 19.6 Å². The highest BCUT2D eigenvalue weighted by molar-refractivity contribution is 8.34. The lowest BCUT2D eigenvalue weighted by Gasteiger charge is -2.39. The van der Waals surface area contributed by atoms with Gasteiger partial charge in [-0.1, -0.05) is 84.4 Å². The van der Waals surface area contributed by atoms with Crippen molar-refractivity contribution in [1.82, 2.24) is 4.98 Å². The largest absolute Gasteiger partial charge is 0.310 e. The summed E-state index contributed by atoms with van der Waals surface area (Å²) in [5.41, 5.74) is 7.79. The minimum absolute atomic E-state index is 0.735. The Hall–Kier alpha value is -5.09. The van der Waals surface area contributed by atoms with E-state index in [2.05, 4.69) is 162 Å². The predicted molar refractivity (Wildman–Crippen MR) is 188 cm³/mol. The number of hydrogen-bond acceptors (Lipinski definition) is 2. The first kappa shape index (κ1) is 27.5. The highest BCUT2D eigenvalue weighted by Gasteiger charge is 2.42. The number of nitrogens with zero attached hydrogens (tertiary/aromatic N) is 2. The minimum Gasteiger partial charge on any atom is -0.310 e. The van der Waals surface area contributed by atoms with Gasteiger partial charge in [0.05, 0.1) is 5.69 Å². The van der Waals surface area contributed by atoms with Gasteiger partial charge >= 0.3 is 0 Å². The van der Waals surface area contributed by atoms with E-state index in [0.717, 1.165) is 33.3 Å². The molecule has 45 heavy (non-hydrogen) atoms. The number of pyridine rings is 1. The van der Waals surface area contributed by atoms with E-state index in [1.54, 1.807) is 0 Å². The Morgan fingerprint density at radius 1 is 0.467 bits per heavy atom. The van der Waals surface area contributed by atoms with Crippen molar-refractivity contribution in [2.75, 3.05) is 4.90 Å². The van der Waals surface area contributed by atoms with Crippen LogP contribution in [-0.4, -0.2) is 4.98 Å². The molecule has 0 N–H and O–H groups in total. The summed E-state index contributed by atoms with van der Waals surface area (Å²) < 4.78 is 0. The Labute approximate surface area is 270 Å². The maximum absolute atomic E-state index is 6.76. The molecule has 2 heterocycles. The van der Waals surface area contributed by atoms with Crippen molar-refractivity contribution < 1.29 is 0 Å². The van der Waals surface area contributed by atoms with E-state index in [-0.39, 0.29) is 0 Å². The number of fused-ring (bicyclic) bond motifs is 3. The molecule has 216 valence electrons. The molecule has 0 spiro atoms. The highest BCUT2D eigenvalue weighted by Crippen LogP contribution is 2.80. The zero-order valence-electron chi connectivity index (χ0n) is 24.4. The number of aromatic nitrogens is 1. The summed E-state index contributed by atoms with van der Waals surface area (Å²) in [6.45, 7) is 0. The molecule has 0 aliphatic carbocycles. The standard InChI is InChI=1S/C41H29ClN2S/c42-31-22-24-40-37(28-31)38-29-34(44(32-14-4-1-5-15-32)33-16-6-2-7-17-33)23-25-41(38)45(40,35-18-8-3-9-19-35)36-20-12-13-30(27-36)39-21-10-11-26-43-39/h1-29H. The first-order chi connectivity index (χ1) is 22.2. The van der Waals surface area contributed by atoms with Crippen molar-refractivity contribution in [3.05, 3.63) is 181 Å². The minimum atomic E-state index is -1.86. The van der Waals surface area contributed by atoms with Gasteiger partial charge in [0.15, 0.2) is 0 Å². The van der Waals surface area contributed by atoms with Crippen molar-refractivity contribution >= 4 is 38.7 Å². The topological polar surface area (TPSA) is 16.1 Å². The SMILES string of the molecule is Clc1ccc2c(c1)-c1cc(N(c3ccccc3)c3ccccc3)ccc1S2(c1ccccc1)c1cccc(-c2ccccn2)c1. The first-order valence-corrected chi connectivity index (χ1v) is 17.0. The molecular formula is C41H29ClN2S. The molecule has 1 atom stereocenters. The zero-order valence-corrected chi connectivity index (χ0v) is 26.0. The molecule has 1 aliphatic rings. The molecule has 2 nitrogen and oxygen atoms in total. The maximum Gasteiger partial charge on any atom is 0.0702 e. The molecule has 8 rings (SSSR count). The van der Waals surface area contributed by atoms with Crippen LogP contribution in [0, 0.1) is 0 Å². The maximum atomic E-state index is 6.76. The highest BCUT2D eigenvalue weighted by atomic mass is 35.5. The molecule has 7 aromatic rings. The fraction of sp³-hybridized carbons (Fsp3) is 0. The van der Waals surface area contributed by atoms with E-state index in [0.29, 0.717) is 0 Å². The molecule has 1 aromatic heterocycles. The van der Waals surface area contributed by atoms with Crippen LogP contribution in [0.25, 0.3) is 22.4 Å². The molecule has 0 bridgehead atoms. The lowest BCUT2D eigenvalue weighted by atomic mass is 10.0. The van der Waals surface area contributed by atoms with E-state index < -0.39 is 10.0 Å². The third-order valence-electron chi connectivity index (χ3n) is 8.39. The summed E-state index contributed by atoms with van der Waals surface area (Å²) in [6.07, 6.45) is 1.86. The Kier molecular flexibility index (Phi) is 6.98. The second kappa shape index (κ2) is 11.4. The van der Waals surface area contributed by atoms with Crippen LogP contribution in [0.5, 0.6) is 0 Å². The van der Waals surface area contributed by atoms with Crippen LogP contribution in [0.1, 0.15) is 0 Å². The van der Waals surface area contributed by atoms with E-state index in [1.807, 2.05) is 24.4 Å². The molecule has 1 unspecified atom stereocenters. The summed E-state index contributed by atoms with van der Waals surface area (Å²) >= 11 is 6.76. The first-order valence-electron chi connectivity index (χ1n) is 15.0. The van der Waals surface area contributed by atoms with Crippen LogP contribution in [0.15, 0.2) is 196 Å². The van der Waals surface area contributed by atoms with Gasteiger partial charge in [-0.2, -0.15) is 0 Å². The predicted octanol–water partition coefficient (Wildman–Crippen LogP) is 12.2. The van der Waals surface area contributed by atoms with Crippen LogP contribution >= 0.6 is 21.6 Å². The summed E-state index contributed by atoms with van der Waals surface area (Å²) in [6, 6.07) is 60.6. The lowest BCUT2D eigenvalue weighted by molar-refractivity contribution is 1.26. The number of benzene rings is 6. The van der Waals surface area contributed by atoms with Crippen LogP contribution in [0.2, 0.25) is 5.02 Å². The molecule has 4 heteroatoms. The number of hydrogen-bond donors (Lipinski definition) is 0. The molecule has 6 aromatic carbocycles. The Morgan fingerprint density at radius 2 is 1.07 bits per heavy atom. The number of anilines is 3. The van der Waals surface area contributed by atoms with E-state index in [9.17, 15) is 0 Å². The van der Waals surface area contributed by atoms with Gasteiger partial charge in [0, 0.05) is 53.4 Å². The lowest BCUT2D eigenvalue weighted by Crippen LogP contribution is -2.10. The van der Waals surface area contributed by atoms with Crippen molar-refractivity contribution in [3.63, 3.8) is 0 Å². The average molecular weight is 617 g/mol. The van der Waals surface area contributed by atoms with Gasteiger partial charge in [-0.25, -0.2) is 0 Å². The average Bonchev–Trinajstić information content (AvgIpc) is 3.40. The fourth-order valence-electron chi connectivity index (χ4n) is 6.48. The third kappa shape index (κ3) is 4.64. The Bertz CT molecular complexity index is 2080. The van der Waals surface area contributed by atoms with Crippen molar-refractivity contribution in [2.24, 2.45) is 0 Å². The van der Waals surface area contributed by atoms with Gasteiger partial charge in [0.25, 0.3) is 0 Å². The van der Waals surface area contributed by atoms with E-state index >= 15 is 0 Å². The molecular weight excluding hydrogens is 588 g/mol. The monoisotopic (exact) mass is 616 g/mol. The van der Waals surface area contributed by atoms with Gasteiger partial charge in [-0.15, -0.1) is 10.0 Å². The summed E-state index contributed by atoms with van der Waals surface area (Å²) in [5, 5.41) is 0.735. The Balaban J connectivity index is 1.41. The molecule has 0 fully saturated rings. The number of para-hydroxylation sites is 2. The van der Waals surface area contributed by atoms with Crippen LogP contribution in [0.3, 0.4) is 0 Å². The second-order valence-corrected chi connectivity index (χ2v) is 14.5. The van der Waals surface area contributed by atoms with Crippen molar-refractivity contribution in [1.29, 1.82) is 0 Å². The van der Waals surface area contributed by atoms with E-state index in [1.165, 1.54) is 30.7 Å². The van der Waals surface area contributed by atoms with Gasteiger partial charge in [0.2, 0.25) is 0 Å². The molecule has 1 aliphatic heterocycles. The summed E-state index contributed by atoms with van der Waals surface area (Å²) in [4.78, 5) is 12.2. The summed E-state index contributed by atoms with van der Waals surface area (Å²) in [5.74, 6) is 0. The third-order valence-corrected chi connectivity index (χ3v) is 12.6. The van der Waals surface area contributed by atoms with Crippen molar-refractivity contribution in [3.8, 4) is 22.4 Å². The quantitative estimate of drug-likeness (QED) is 0.185. The molecule has 0 saturated heterocycles. The number of halogens is 1. The van der Waals surface area contributed by atoms with Gasteiger partial charge in [0.1, 0.15) is 0 Å². The van der Waals surface area contributed by atoms with Gasteiger partial charge in [-0.05, 0) is 108 Å². The van der Waals surface area contributed by atoms with Crippen LogP contribution < -0.4 is 4.90 Å². The van der Waals surface area contributed by atoms with Gasteiger partial charge < -0.3 is 4.90 Å². The fourth-order valence-corrected chi connectivity index (χ4v) is 10.9.